The van der Waals surface area contributed by atoms with Crippen LogP contribution in [0.25, 0.3) is 0 Å². The normalized spacial score (nSPS) is 15.1. The lowest BCUT2D eigenvalue weighted by Crippen LogP contribution is -2.32. The largest absolute Gasteiger partial charge is 0.573 e. The lowest BCUT2D eigenvalue weighted by Gasteiger charge is -2.13. The zero-order valence-electron chi connectivity index (χ0n) is 11.1. The van der Waals surface area contributed by atoms with Crippen LogP contribution in [0.5, 0.6) is 5.75 Å². The molecule has 1 fully saturated rings. The lowest BCUT2D eigenvalue weighted by molar-refractivity contribution is -0.274. The second-order valence-corrected chi connectivity index (χ2v) is 4.42. The first-order chi connectivity index (χ1) is 10.2. The molecule has 22 heavy (non-hydrogen) atoms. The van der Waals surface area contributed by atoms with E-state index in [2.05, 4.69) is 9.57 Å². The number of alkyl halides is 3. The van der Waals surface area contributed by atoms with Gasteiger partial charge in [-0.25, -0.2) is 4.79 Å². The van der Waals surface area contributed by atoms with Crippen LogP contribution >= 0.6 is 0 Å². The molecular formula is C13H10F3NO5. The van der Waals surface area contributed by atoms with Crippen molar-refractivity contribution in [1.82, 2.24) is 5.06 Å². The molecule has 1 heterocycles. The smallest absolute Gasteiger partial charge is 0.406 e. The predicted octanol–water partition coefficient (Wildman–Crippen LogP) is 1.73. The first-order valence-corrected chi connectivity index (χ1v) is 6.16. The van der Waals surface area contributed by atoms with Gasteiger partial charge in [0.1, 0.15) is 5.75 Å². The van der Waals surface area contributed by atoms with Crippen LogP contribution in [0.15, 0.2) is 24.3 Å². The van der Waals surface area contributed by atoms with Crippen LogP contribution < -0.4 is 4.74 Å². The van der Waals surface area contributed by atoms with Crippen LogP contribution in [-0.2, 0) is 25.6 Å². The van der Waals surface area contributed by atoms with Crippen LogP contribution in [0.3, 0.4) is 0 Å². The van der Waals surface area contributed by atoms with Gasteiger partial charge in [0.2, 0.25) is 0 Å². The van der Waals surface area contributed by atoms with E-state index in [0.29, 0.717) is 5.06 Å². The summed E-state index contributed by atoms with van der Waals surface area (Å²) in [5.41, 5.74) is 0.186. The molecule has 1 aromatic carbocycles. The van der Waals surface area contributed by atoms with Crippen molar-refractivity contribution in [1.29, 1.82) is 0 Å². The van der Waals surface area contributed by atoms with Gasteiger partial charge in [-0.2, -0.15) is 0 Å². The number of benzene rings is 1. The first-order valence-electron chi connectivity index (χ1n) is 6.16. The summed E-state index contributed by atoms with van der Waals surface area (Å²) in [6, 6.07) is 4.76. The number of carbonyl (C=O) groups is 3. The van der Waals surface area contributed by atoms with E-state index in [-0.39, 0.29) is 18.4 Å². The minimum Gasteiger partial charge on any atom is -0.406 e. The maximum Gasteiger partial charge on any atom is 0.573 e. The molecule has 0 N–H and O–H groups in total. The molecule has 0 atom stereocenters. The van der Waals surface area contributed by atoms with E-state index < -0.39 is 36.3 Å². The molecule has 118 valence electrons. The fourth-order valence-electron chi connectivity index (χ4n) is 1.81. The summed E-state index contributed by atoms with van der Waals surface area (Å²) in [4.78, 5) is 38.8. The number of rotatable bonds is 4. The van der Waals surface area contributed by atoms with E-state index in [0.717, 1.165) is 12.1 Å². The SMILES string of the molecule is O=C(Cc1cccc(OC(F)(F)F)c1)ON1C(=O)CCC1=O. The molecule has 0 bridgehead atoms. The fraction of sp³-hybridized carbons (Fsp3) is 0.308. The quantitative estimate of drug-likeness (QED) is 0.791. The Balaban J connectivity index is 1.98. The molecule has 2 rings (SSSR count). The van der Waals surface area contributed by atoms with Gasteiger partial charge in [0.25, 0.3) is 11.8 Å². The molecular weight excluding hydrogens is 307 g/mol. The highest BCUT2D eigenvalue weighted by atomic mass is 19.4. The summed E-state index contributed by atoms with van der Waals surface area (Å²) >= 11 is 0. The number of carbonyl (C=O) groups excluding carboxylic acids is 3. The minimum absolute atomic E-state index is 0.0407. The number of nitrogens with zero attached hydrogens (tertiary/aromatic N) is 1. The monoisotopic (exact) mass is 317 g/mol. The van der Waals surface area contributed by atoms with Crippen LogP contribution in [-0.4, -0.2) is 29.2 Å². The summed E-state index contributed by atoms with van der Waals surface area (Å²) < 4.78 is 40.0. The van der Waals surface area contributed by atoms with E-state index in [1.807, 2.05) is 0 Å². The van der Waals surface area contributed by atoms with Gasteiger partial charge in [-0.3, -0.25) is 9.59 Å². The Kier molecular flexibility index (Phi) is 4.34. The number of hydroxylamine groups is 2. The number of hydrogen-bond acceptors (Lipinski definition) is 5. The predicted molar refractivity (Wildman–Crippen MR) is 64.0 cm³/mol. The Morgan fingerprint density at radius 3 is 2.41 bits per heavy atom. The highest BCUT2D eigenvalue weighted by Gasteiger charge is 2.33. The summed E-state index contributed by atoms with van der Waals surface area (Å²) in [5.74, 6) is -2.68. The number of imide groups is 1. The molecule has 1 aliphatic heterocycles. The average Bonchev–Trinajstić information content (AvgIpc) is 2.69. The van der Waals surface area contributed by atoms with Gasteiger partial charge in [0.05, 0.1) is 6.42 Å². The Labute approximate surface area is 122 Å². The van der Waals surface area contributed by atoms with Gasteiger partial charge in [-0.15, -0.1) is 18.2 Å². The van der Waals surface area contributed by atoms with Crippen molar-refractivity contribution in [2.75, 3.05) is 0 Å². The van der Waals surface area contributed by atoms with Crippen molar-refractivity contribution in [3.8, 4) is 5.75 Å². The second-order valence-electron chi connectivity index (χ2n) is 4.42. The topological polar surface area (TPSA) is 72.9 Å². The molecule has 0 aromatic heterocycles. The van der Waals surface area contributed by atoms with E-state index in [1.165, 1.54) is 12.1 Å². The highest BCUT2D eigenvalue weighted by Crippen LogP contribution is 2.23. The molecule has 1 aliphatic rings. The van der Waals surface area contributed by atoms with Crippen molar-refractivity contribution >= 4 is 17.8 Å². The van der Waals surface area contributed by atoms with Gasteiger partial charge < -0.3 is 9.57 Å². The van der Waals surface area contributed by atoms with Crippen LogP contribution in [0.4, 0.5) is 13.2 Å². The van der Waals surface area contributed by atoms with Crippen LogP contribution in [0.1, 0.15) is 18.4 Å². The molecule has 1 aromatic rings. The van der Waals surface area contributed by atoms with Gasteiger partial charge >= 0.3 is 12.3 Å². The first kappa shape index (κ1) is 15.8. The second kappa shape index (κ2) is 6.04. The van der Waals surface area contributed by atoms with E-state index in [9.17, 15) is 27.6 Å². The lowest BCUT2D eigenvalue weighted by atomic mass is 10.1. The third kappa shape index (κ3) is 4.21. The molecule has 0 unspecified atom stereocenters. The number of halogens is 3. The van der Waals surface area contributed by atoms with Gasteiger partial charge in [0, 0.05) is 12.8 Å². The number of amides is 2. The van der Waals surface area contributed by atoms with Crippen LogP contribution in [0.2, 0.25) is 0 Å². The van der Waals surface area contributed by atoms with Gasteiger partial charge in [-0.1, -0.05) is 12.1 Å². The maximum atomic E-state index is 12.1. The molecule has 2 amide bonds. The molecule has 0 radical (unpaired) electrons. The van der Waals surface area contributed by atoms with Gasteiger partial charge in [0.15, 0.2) is 0 Å². The summed E-state index contributed by atoms with van der Waals surface area (Å²) in [6.07, 6.45) is -5.33. The zero-order chi connectivity index (χ0) is 16.3. The fourth-order valence-corrected chi connectivity index (χ4v) is 1.81. The van der Waals surface area contributed by atoms with E-state index >= 15 is 0 Å². The minimum atomic E-state index is -4.84. The Morgan fingerprint density at radius 2 is 1.82 bits per heavy atom. The Morgan fingerprint density at radius 1 is 1.18 bits per heavy atom. The number of ether oxygens (including phenoxy) is 1. The Bertz CT molecular complexity index is 598. The van der Waals surface area contributed by atoms with Crippen molar-refractivity contribution in [3.63, 3.8) is 0 Å². The van der Waals surface area contributed by atoms with E-state index in [1.54, 1.807) is 0 Å². The van der Waals surface area contributed by atoms with Crippen molar-refractivity contribution in [2.45, 2.75) is 25.6 Å². The third-order valence-corrected chi connectivity index (χ3v) is 2.68. The molecule has 1 saturated heterocycles. The summed E-state index contributed by atoms with van der Waals surface area (Å²) in [5, 5.41) is 0.373. The zero-order valence-corrected chi connectivity index (χ0v) is 11.1. The standard InChI is InChI=1S/C13H10F3NO5/c14-13(15,16)21-9-3-1-2-8(6-9)7-12(20)22-17-10(18)4-5-11(17)19/h1-3,6H,4-5,7H2. The van der Waals surface area contributed by atoms with Crippen molar-refractivity contribution in [3.05, 3.63) is 29.8 Å². The molecule has 6 nitrogen and oxygen atoms in total. The third-order valence-electron chi connectivity index (χ3n) is 2.68. The van der Waals surface area contributed by atoms with Crippen molar-refractivity contribution in [2.24, 2.45) is 0 Å². The van der Waals surface area contributed by atoms with Crippen molar-refractivity contribution < 1.29 is 37.1 Å². The average molecular weight is 317 g/mol. The molecule has 0 spiro atoms. The number of hydrogen-bond donors (Lipinski definition) is 0. The Hall–Kier alpha value is -2.58. The van der Waals surface area contributed by atoms with Crippen LogP contribution in [0, 0.1) is 0 Å². The molecule has 0 saturated carbocycles. The summed E-state index contributed by atoms with van der Waals surface area (Å²) in [6.45, 7) is 0. The molecule has 9 heteroatoms. The maximum absolute atomic E-state index is 12.1. The molecule has 0 aliphatic carbocycles. The summed E-state index contributed by atoms with van der Waals surface area (Å²) in [7, 11) is 0. The highest BCUT2D eigenvalue weighted by molar-refractivity contribution is 6.01. The van der Waals surface area contributed by atoms with Gasteiger partial charge in [-0.05, 0) is 17.7 Å². The van der Waals surface area contributed by atoms with E-state index in [4.69, 9.17) is 0 Å².